The highest BCUT2D eigenvalue weighted by Gasteiger charge is 2.34. The summed E-state index contributed by atoms with van der Waals surface area (Å²) in [7, 11) is 1.47. The third kappa shape index (κ3) is 8.17. The fourth-order valence-corrected chi connectivity index (χ4v) is 4.25. The Morgan fingerprint density at radius 1 is 1.00 bits per heavy atom. The van der Waals surface area contributed by atoms with Crippen molar-refractivity contribution < 1.29 is 23.9 Å². The van der Waals surface area contributed by atoms with Crippen molar-refractivity contribution in [2.24, 2.45) is 5.73 Å². The number of nitrogens with one attached hydrogen (secondary N) is 2. The SMILES string of the molecule is C=Cc1cccc(C(C(=O)Nc2ccc3ccccc3c2)N(C)C(=O)C(CCC(N)=O)NC(=O)OC(C)(C)C)c1. The molecule has 0 fully saturated rings. The molecular formula is C31H36N4O5. The summed E-state index contributed by atoms with van der Waals surface area (Å²) in [5, 5.41) is 7.43. The number of carbonyl (C=O) groups is 4. The summed E-state index contributed by atoms with van der Waals surface area (Å²) >= 11 is 0. The van der Waals surface area contributed by atoms with Crippen LogP contribution in [0.3, 0.4) is 0 Å². The standard InChI is InChI=1S/C31H36N4O5/c1-6-20-10-9-13-23(18-20)27(28(37)33-24-15-14-21-11-7-8-12-22(21)19-24)35(5)29(38)25(16-17-26(32)36)34-30(39)40-31(2,3)4/h6-15,18-19,25,27H,1,16-17H2,2-5H3,(H2,32,36)(H,33,37)(H,34,39). The number of carbonyl (C=O) groups excluding carboxylic acids is 4. The zero-order valence-corrected chi connectivity index (χ0v) is 23.3. The zero-order chi connectivity index (χ0) is 29.4. The molecule has 40 heavy (non-hydrogen) atoms. The second kappa shape index (κ2) is 12.9. The average Bonchev–Trinajstić information content (AvgIpc) is 2.89. The first kappa shape index (κ1) is 29.9. The summed E-state index contributed by atoms with van der Waals surface area (Å²) in [4.78, 5) is 52.8. The van der Waals surface area contributed by atoms with Crippen molar-refractivity contribution in [2.75, 3.05) is 12.4 Å². The third-order valence-electron chi connectivity index (χ3n) is 6.13. The van der Waals surface area contributed by atoms with Gasteiger partial charge in [-0.1, -0.05) is 61.2 Å². The van der Waals surface area contributed by atoms with Crippen molar-refractivity contribution in [3.05, 3.63) is 84.4 Å². The average molecular weight is 545 g/mol. The molecule has 4 N–H and O–H groups in total. The van der Waals surface area contributed by atoms with E-state index in [4.69, 9.17) is 10.5 Å². The topological polar surface area (TPSA) is 131 Å². The van der Waals surface area contributed by atoms with Crippen molar-refractivity contribution in [1.82, 2.24) is 10.2 Å². The third-order valence-corrected chi connectivity index (χ3v) is 6.13. The number of nitrogens with zero attached hydrogens (tertiary/aromatic N) is 1. The monoisotopic (exact) mass is 544 g/mol. The normalized spacial score (nSPS) is 12.6. The van der Waals surface area contributed by atoms with E-state index in [1.165, 1.54) is 11.9 Å². The Bertz CT molecular complexity index is 1410. The van der Waals surface area contributed by atoms with Gasteiger partial charge >= 0.3 is 6.09 Å². The number of alkyl carbamates (subject to hydrolysis) is 1. The Hall–Kier alpha value is -4.66. The summed E-state index contributed by atoms with van der Waals surface area (Å²) < 4.78 is 5.31. The van der Waals surface area contributed by atoms with Crippen molar-refractivity contribution in [3.63, 3.8) is 0 Å². The van der Waals surface area contributed by atoms with Gasteiger partial charge in [-0.05, 0) is 67.3 Å². The van der Waals surface area contributed by atoms with E-state index in [2.05, 4.69) is 17.2 Å². The smallest absolute Gasteiger partial charge is 0.408 e. The van der Waals surface area contributed by atoms with E-state index >= 15 is 0 Å². The van der Waals surface area contributed by atoms with Crippen LogP contribution in [-0.4, -0.2) is 47.4 Å². The molecule has 0 bridgehead atoms. The maximum atomic E-state index is 13.8. The van der Waals surface area contributed by atoms with Gasteiger partial charge in [-0.3, -0.25) is 14.4 Å². The lowest BCUT2D eigenvalue weighted by Gasteiger charge is -2.31. The molecule has 0 aliphatic rings. The van der Waals surface area contributed by atoms with Crippen molar-refractivity contribution >= 4 is 46.4 Å². The summed E-state index contributed by atoms with van der Waals surface area (Å²) in [5.74, 6) is -1.68. The Balaban J connectivity index is 1.95. The minimum absolute atomic E-state index is 0.0660. The number of fused-ring (bicyclic) bond motifs is 1. The maximum Gasteiger partial charge on any atom is 0.408 e. The molecule has 0 aromatic heterocycles. The Labute approximate surface area is 234 Å². The number of benzene rings is 3. The Kier molecular flexibility index (Phi) is 9.66. The Morgan fingerprint density at radius 3 is 2.35 bits per heavy atom. The van der Waals surface area contributed by atoms with Gasteiger partial charge in [-0.25, -0.2) is 4.79 Å². The van der Waals surface area contributed by atoms with Crippen LogP contribution in [0.4, 0.5) is 10.5 Å². The number of anilines is 1. The molecule has 0 saturated carbocycles. The fourth-order valence-electron chi connectivity index (χ4n) is 4.25. The van der Waals surface area contributed by atoms with Gasteiger partial charge in [0.2, 0.25) is 11.8 Å². The molecule has 0 aliphatic heterocycles. The lowest BCUT2D eigenvalue weighted by molar-refractivity contribution is -0.139. The van der Waals surface area contributed by atoms with Crippen LogP contribution in [0, 0.1) is 0 Å². The van der Waals surface area contributed by atoms with E-state index in [1.54, 1.807) is 51.1 Å². The molecule has 0 heterocycles. The van der Waals surface area contributed by atoms with Crippen LogP contribution in [0.25, 0.3) is 16.8 Å². The first-order valence-corrected chi connectivity index (χ1v) is 12.9. The number of rotatable bonds is 10. The number of hydrogen-bond donors (Lipinski definition) is 3. The number of primary amides is 1. The van der Waals surface area contributed by atoms with Gasteiger partial charge in [-0.2, -0.15) is 0 Å². The molecule has 2 unspecified atom stereocenters. The van der Waals surface area contributed by atoms with E-state index < -0.39 is 41.5 Å². The molecule has 3 rings (SSSR count). The number of hydrogen-bond acceptors (Lipinski definition) is 5. The summed E-state index contributed by atoms with van der Waals surface area (Å²) in [6, 6.07) is 18.2. The van der Waals surface area contributed by atoms with Gasteiger partial charge in [0, 0.05) is 19.2 Å². The predicted octanol–water partition coefficient (Wildman–Crippen LogP) is 4.78. The molecule has 2 atom stereocenters. The van der Waals surface area contributed by atoms with E-state index in [9.17, 15) is 19.2 Å². The largest absolute Gasteiger partial charge is 0.444 e. The van der Waals surface area contributed by atoms with Crippen molar-refractivity contribution in [1.29, 1.82) is 0 Å². The highest BCUT2D eigenvalue weighted by Crippen LogP contribution is 2.26. The lowest BCUT2D eigenvalue weighted by Crippen LogP contribution is -2.51. The van der Waals surface area contributed by atoms with Crippen LogP contribution in [0.1, 0.15) is 50.8 Å². The van der Waals surface area contributed by atoms with Gasteiger partial charge in [0.1, 0.15) is 17.7 Å². The lowest BCUT2D eigenvalue weighted by atomic mass is 10.00. The first-order valence-electron chi connectivity index (χ1n) is 12.9. The molecule has 4 amide bonds. The molecule has 3 aromatic carbocycles. The van der Waals surface area contributed by atoms with Crippen molar-refractivity contribution in [2.45, 2.75) is 51.3 Å². The summed E-state index contributed by atoms with van der Waals surface area (Å²) in [5.41, 5.74) is 6.38. The van der Waals surface area contributed by atoms with Crippen LogP contribution in [0.5, 0.6) is 0 Å². The molecule has 0 spiro atoms. The molecule has 0 aliphatic carbocycles. The number of likely N-dealkylation sites (N-methyl/N-ethyl adjacent to an activating group) is 1. The van der Waals surface area contributed by atoms with E-state index in [-0.39, 0.29) is 12.8 Å². The van der Waals surface area contributed by atoms with Gasteiger partial charge in [0.15, 0.2) is 0 Å². The molecule has 9 heteroatoms. The quantitative estimate of drug-likeness (QED) is 0.338. The zero-order valence-electron chi connectivity index (χ0n) is 23.3. The second-order valence-corrected chi connectivity index (χ2v) is 10.5. The van der Waals surface area contributed by atoms with Crippen LogP contribution in [-0.2, 0) is 19.1 Å². The molecular weight excluding hydrogens is 508 g/mol. The number of amides is 4. The predicted molar refractivity (Wildman–Crippen MR) is 156 cm³/mol. The van der Waals surface area contributed by atoms with Gasteiger partial charge < -0.3 is 26.0 Å². The van der Waals surface area contributed by atoms with Gasteiger partial charge in [0.25, 0.3) is 5.91 Å². The number of ether oxygens (including phenoxy) is 1. The second-order valence-electron chi connectivity index (χ2n) is 10.5. The highest BCUT2D eigenvalue weighted by molar-refractivity contribution is 6.00. The molecule has 3 aromatic rings. The molecule has 9 nitrogen and oxygen atoms in total. The fraction of sp³-hybridized carbons (Fsp3) is 0.290. The maximum absolute atomic E-state index is 13.8. The molecule has 0 radical (unpaired) electrons. The molecule has 210 valence electrons. The summed E-state index contributed by atoms with van der Waals surface area (Å²) in [6.45, 7) is 8.88. The van der Waals surface area contributed by atoms with Crippen LogP contribution in [0.15, 0.2) is 73.3 Å². The van der Waals surface area contributed by atoms with Crippen molar-refractivity contribution in [3.8, 4) is 0 Å². The van der Waals surface area contributed by atoms with Crippen LogP contribution in [0.2, 0.25) is 0 Å². The van der Waals surface area contributed by atoms with Gasteiger partial charge in [0.05, 0.1) is 0 Å². The van der Waals surface area contributed by atoms with Crippen LogP contribution >= 0.6 is 0 Å². The minimum atomic E-state index is -1.16. The van der Waals surface area contributed by atoms with E-state index in [0.717, 1.165) is 16.3 Å². The molecule has 0 saturated heterocycles. The van der Waals surface area contributed by atoms with E-state index in [0.29, 0.717) is 11.3 Å². The highest BCUT2D eigenvalue weighted by atomic mass is 16.6. The van der Waals surface area contributed by atoms with E-state index in [1.807, 2.05) is 42.5 Å². The van der Waals surface area contributed by atoms with Gasteiger partial charge in [-0.15, -0.1) is 0 Å². The summed E-state index contributed by atoms with van der Waals surface area (Å²) in [6.07, 6.45) is 0.599. The minimum Gasteiger partial charge on any atom is -0.444 e. The Morgan fingerprint density at radius 2 is 1.70 bits per heavy atom. The first-order chi connectivity index (χ1) is 18.9. The van der Waals surface area contributed by atoms with Crippen LogP contribution < -0.4 is 16.4 Å². The number of nitrogens with two attached hydrogens (primary N) is 1.